The van der Waals surface area contributed by atoms with Gasteiger partial charge in [-0.3, -0.25) is 4.79 Å². The van der Waals surface area contributed by atoms with Crippen molar-refractivity contribution in [3.8, 4) is 6.07 Å². The Morgan fingerprint density at radius 3 is 2.35 bits per heavy atom. The number of rotatable bonds is 3. The van der Waals surface area contributed by atoms with Gasteiger partial charge < -0.3 is 4.90 Å². The number of nitriles is 1. The molecule has 1 aliphatic heterocycles. The van der Waals surface area contributed by atoms with Crippen LogP contribution in [-0.2, 0) is 4.79 Å². The molecule has 0 radical (unpaired) electrons. The minimum absolute atomic E-state index is 0.112. The Balaban J connectivity index is 2.14. The van der Waals surface area contributed by atoms with Crippen molar-refractivity contribution < 1.29 is 4.79 Å². The molecule has 1 fully saturated rings. The third-order valence-corrected chi connectivity index (χ3v) is 6.55. The van der Waals surface area contributed by atoms with E-state index in [4.69, 9.17) is 0 Å². The molecule has 0 atom stereocenters. The van der Waals surface area contributed by atoms with Crippen LogP contribution in [0.3, 0.4) is 0 Å². The summed E-state index contributed by atoms with van der Waals surface area (Å²) >= 11 is 1.37. The third-order valence-electron chi connectivity index (χ3n) is 5.59. The molecule has 0 N–H and O–H groups in total. The Kier molecular flexibility index (Phi) is 4.51. The van der Waals surface area contributed by atoms with Crippen LogP contribution >= 0.6 is 11.8 Å². The largest absolute Gasteiger partial charge is 0.336 e. The number of nitrogens with zero attached hydrogens (tertiary/aromatic N) is 3. The second-order valence-electron chi connectivity index (χ2n) is 7.45. The monoisotopic (exact) mass is 331 g/mol. The first-order valence-corrected chi connectivity index (χ1v) is 8.82. The second kappa shape index (κ2) is 5.83. The molecule has 0 saturated carbocycles. The summed E-state index contributed by atoms with van der Waals surface area (Å²) in [6.07, 6.45) is 0. The van der Waals surface area contributed by atoms with Gasteiger partial charge in [0.05, 0.1) is 11.3 Å². The molecule has 0 unspecified atom stereocenters. The highest BCUT2D eigenvalue weighted by Gasteiger charge is 2.54. The van der Waals surface area contributed by atoms with E-state index in [9.17, 15) is 10.1 Å². The van der Waals surface area contributed by atoms with Gasteiger partial charge >= 0.3 is 0 Å². The number of thioether (sulfide) groups is 1. The highest BCUT2D eigenvalue weighted by molar-refractivity contribution is 8.00. The Morgan fingerprint density at radius 1 is 1.26 bits per heavy atom. The Bertz CT molecular complexity index is 701. The van der Waals surface area contributed by atoms with Gasteiger partial charge in [-0.25, -0.2) is 4.98 Å². The van der Waals surface area contributed by atoms with Gasteiger partial charge in [0.2, 0.25) is 5.91 Å². The summed E-state index contributed by atoms with van der Waals surface area (Å²) in [6, 6.07) is 2.23. The number of hydrogen-bond donors (Lipinski definition) is 0. The van der Waals surface area contributed by atoms with Crippen LogP contribution in [0.1, 0.15) is 50.1 Å². The van der Waals surface area contributed by atoms with Gasteiger partial charge in [0.25, 0.3) is 0 Å². The zero-order valence-electron chi connectivity index (χ0n) is 15.1. The predicted molar refractivity (Wildman–Crippen MR) is 93.5 cm³/mol. The highest BCUT2D eigenvalue weighted by Crippen LogP contribution is 2.46. The van der Waals surface area contributed by atoms with Gasteiger partial charge in [-0.05, 0) is 45.7 Å². The van der Waals surface area contributed by atoms with Crippen LogP contribution in [0.4, 0.5) is 0 Å². The van der Waals surface area contributed by atoms with E-state index in [-0.39, 0.29) is 16.9 Å². The van der Waals surface area contributed by atoms with E-state index < -0.39 is 0 Å². The van der Waals surface area contributed by atoms with Crippen LogP contribution in [0.15, 0.2) is 5.03 Å². The molecular weight excluding hydrogens is 306 g/mol. The topological polar surface area (TPSA) is 57.0 Å². The fraction of sp³-hybridized carbons (Fsp3) is 0.611. The second-order valence-corrected chi connectivity index (χ2v) is 8.41. The summed E-state index contributed by atoms with van der Waals surface area (Å²) in [6.45, 7) is 15.2. The molecule has 1 aliphatic rings. The molecule has 0 bridgehead atoms. The maximum atomic E-state index is 12.5. The Labute approximate surface area is 143 Å². The lowest BCUT2D eigenvalue weighted by Crippen LogP contribution is -2.71. The number of pyridine rings is 1. The van der Waals surface area contributed by atoms with Crippen LogP contribution in [0.25, 0.3) is 0 Å². The first-order valence-electron chi connectivity index (χ1n) is 7.84. The number of carbonyl (C=O) groups excluding carboxylic acids is 1. The summed E-state index contributed by atoms with van der Waals surface area (Å²) in [5.41, 5.74) is 3.52. The van der Waals surface area contributed by atoms with Crippen molar-refractivity contribution in [1.29, 1.82) is 5.26 Å². The van der Waals surface area contributed by atoms with Crippen LogP contribution in [0, 0.1) is 37.5 Å². The van der Waals surface area contributed by atoms with Gasteiger partial charge in [-0.2, -0.15) is 5.26 Å². The Hall–Kier alpha value is -1.54. The molecule has 1 amide bonds. The number of likely N-dealkylation sites (tertiary alicyclic amines) is 1. The van der Waals surface area contributed by atoms with Crippen LogP contribution in [0.5, 0.6) is 0 Å². The van der Waals surface area contributed by atoms with Crippen molar-refractivity contribution in [2.75, 3.05) is 12.3 Å². The minimum Gasteiger partial charge on any atom is -0.336 e. The summed E-state index contributed by atoms with van der Waals surface area (Å²) in [7, 11) is 0. The average Bonchev–Trinajstić information content (AvgIpc) is 2.48. The summed E-state index contributed by atoms with van der Waals surface area (Å²) in [5.74, 6) is 0.434. The zero-order valence-corrected chi connectivity index (χ0v) is 15.9. The highest BCUT2D eigenvalue weighted by atomic mass is 32.2. The number of hydrogen-bond acceptors (Lipinski definition) is 4. The molecular formula is C18H25N3OS. The van der Waals surface area contributed by atoms with Gasteiger partial charge in [0.1, 0.15) is 11.1 Å². The van der Waals surface area contributed by atoms with Crippen molar-refractivity contribution in [2.45, 2.75) is 59.0 Å². The van der Waals surface area contributed by atoms with Crippen LogP contribution < -0.4 is 0 Å². The summed E-state index contributed by atoms with van der Waals surface area (Å²) in [4.78, 5) is 19.0. The van der Waals surface area contributed by atoms with Crippen molar-refractivity contribution >= 4 is 17.7 Å². The van der Waals surface area contributed by atoms with Crippen molar-refractivity contribution in [3.63, 3.8) is 0 Å². The number of carbonyl (C=O) groups is 1. The molecule has 1 aromatic heterocycles. The number of aromatic nitrogens is 1. The van der Waals surface area contributed by atoms with E-state index in [1.165, 1.54) is 11.8 Å². The molecule has 5 heteroatoms. The van der Waals surface area contributed by atoms with E-state index in [1.54, 1.807) is 0 Å². The van der Waals surface area contributed by atoms with Crippen molar-refractivity contribution in [2.24, 2.45) is 5.41 Å². The molecule has 0 aromatic carbocycles. The standard InChI is InChI=1S/C18H25N3OS/c1-11-12(2)14(8-19)16(20-13(11)3)23-9-15(22)21-10-17(4,5)18(21,6)7/h9-10H2,1-7H3. The Morgan fingerprint density at radius 2 is 1.87 bits per heavy atom. The van der Waals surface area contributed by atoms with Gasteiger partial charge in [-0.15, -0.1) is 0 Å². The molecule has 1 aromatic rings. The number of amides is 1. The number of aryl methyl sites for hydroxylation is 1. The maximum Gasteiger partial charge on any atom is 0.233 e. The normalized spacial score (nSPS) is 18.3. The summed E-state index contributed by atoms with van der Waals surface area (Å²) in [5, 5.41) is 10.1. The molecule has 0 aliphatic carbocycles. The third kappa shape index (κ3) is 2.85. The summed E-state index contributed by atoms with van der Waals surface area (Å²) < 4.78 is 0. The average molecular weight is 331 g/mol. The SMILES string of the molecule is Cc1nc(SCC(=O)N2CC(C)(C)C2(C)C)c(C#N)c(C)c1C. The lowest BCUT2D eigenvalue weighted by Gasteiger charge is -2.61. The van der Waals surface area contributed by atoms with Crippen molar-refractivity contribution in [1.82, 2.24) is 9.88 Å². The molecule has 0 spiro atoms. The smallest absolute Gasteiger partial charge is 0.233 e. The molecule has 124 valence electrons. The fourth-order valence-corrected chi connectivity index (χ4v) is 3.78. The molecule has 2 rings (SSSR count). The van der Waals surface area contributed by atoms with E-state index in [0.29, 0.717) is 16.3 Å². The van der Waals surface area contributed by atoms with E-state index in [1.807, 2.05) is 25.7 Å². The lowest BCUT2D eigenvalue weighted by atomic mass is 9.65. The molecule has 23 heavy (non-hydrogen) atoms. The molecule has 4 nitrogen and oxygen atoms in total. The minimum atomic E-state index is -0.130. The van der Waals surface area contributed by atoms with E-state index in [2.05, 4.69) is 38.7 Å². The van der Waals surface area contributed by atoms with Crippen LogP contribution in [0.2, 0.25) is 0 Å². The van der Waals surface area contributed by atoms with E-state index in [0.717, 1.165) is 23.4 Å². The maximum absolute atomic E-state index is 12.5. The molecule has 2 heterocycles. The quantitative estimate of drug-likeness (QED) is 0.794. The fourth-order valence-electron chi connectivity index (χ4n) is 2.82. The van der Waals surface area contributed by atoms with Crippen molar-refractivity contribution in [3.05, 3.63) is 22.4 Å². The van der Waals surface area contributed by atoms with Gasteiger partial charge in [0.15, 0.2) is 0 Å². The van der Waals surface area contributed by atoms with E-state index >= 15 is 0 Å². The molecule has 1 saturated heterocycles. The first-order chi connectivity index (χ1) is 10.5. The van der Waals surface area contributed by atoms with Gasteiger partial charge in [0, 0.05) is 23.2 Å². The lowest BCUT2D eigenvalue weighted by molar-refractivity contribution is -0.164. The zero-order chi connectivity index (χ0) is 17.6. The first kappa shape index (κ1) is 17.8. The van der Waals surface area contributed by atoms with Gasteiger partial charge in [-0.1, -0.05) is 25.6 Å². The predicted octanol–water partition coefficient (Wildman–Crippen LogP) is 3.62. The van der Waals surface area contributed by atoms with Crippen LogP contribution in [-0.4, -0.2) is 33.6 Å².